The maximum atomic E-state index is 12.1. The van der Waals surface area contributed by atoms with Crippen molar-refractivity contribution in [3.05, 3.63) is 22.7 Å². The Balaban J connectivity index is 2.38. The molecule has 0 aliphatic heterocycles. The maximum Gasteiger partial charge on any atom is 0.243 e. The number of sulfonamides is 1. The lowest BCUT2D eigenvalue weighted by atomic mass is 10.3. The molecule has 2 rings (SSSR count). The Hall–Kier alpha value is -0.590. The van der Waals surface area contributed by atoms with E-state index < -0.39 is 10.0 Å². The van der Waals surface area contributed by atoms with E-state index in [-0.39, 0.29) is 16.7 Å². The van der Waals surface area contributed by atoms with E-state index in [9.17, 15) is 13.5 Å². The molecule has 1 aliphatic carbocycles. The summed E-state index contributed by atoms with van der Waals surface area (Å²) in [7, 11) is -1.89. The van der Waals surface area contributed by atoms with E-state index in [1.807, 2.05) is 0 Å². The van der Waals surface area contributed by atoms with Crippen LogP contribution in [0.4, 0.5) is 0 Å². The molecule has 0 radical (unpaired) electrons. The monoisotopic (exact) mass is 305 g/mol. The van der Waals surface area contributed by atoms with Crippen molar-refractivity contribution in [3.8, 4) is 5.75 Å². The van der Waals surface area contributed by atoms with Crippen LogP contribution in [0, 0.1) is 0 Å². The molecule has 16 heavy (non-hydrogen) atoms. The second kappa shape index (κ2) is 4.01. The standard InChI is InChI=1S/C10H12BrNO3S/c1-12(7-2-3-7)16(14,15)8-4-5-9(11)10(13)6-8/h4-7,13H,2-3H2,1H3. The fourth-order valence-electron chi connectivity index (χ4n) is 1.45. The van der Waals surface area contributed by atoms with E-state index >= 15 is 0 Å². The average molecular weight is 306 g/mol. The first kappa shape index (κ1) is 11.9. The van der Waals surface area contributed by atoms with Gasteiger partial charge in [-0.25, -0.2) is 8.42 Å². The highest BCUT2D eigenvalue weighted by molar-refractivity contribution is 9.10. The number of phenolic OH excluding ortho intramolecular Hbond substituents is 1. The average Bonchev–Trinajstić information content (AvgIpc) is 3.04. The summed E-state index contributed by atoms with van der Waals surface area (Å²) in [5, 5.41) is 9.47. The summed E-state index contributed by atoms with van der Waals surface area (Å²) in [6, 6.07) is 4.40. The van der Waals surface area contributed by atoms with E-state index in [1.165, 1.54) is 22.5 Å². The molecule has 1 N–H and O–H groups in total. The van der Waals surface area contributed by atoms with Crippen LogP contribution in [0.15, 0.2) is 27.6 Å². The SMILES string of the molecule is CN(C1CC1)S(=O)(=O)c1ccc(Br)c(O)c1. The first-order valence-electron chi connectivity index (χ1n) is 4.89. The highest BCUT2D eigenvalue weighted by atomic mass is 79.9. The van der Waals surface area contributed by atoms with Gasteiger partial charge in [0.15, 0.2) is 0 Å². The molecule has 0 spiro atoms. The molecular formula is C10H12BrNO3S. The molecule has 88 valence electrons. The zero-order chi connectivity index (χ0) is 11.9. The van der Waals surface area contributed by atoms with Gasteiger partial charge in [0, 0.05) is 19.2 Å². The van der Waals surface area contributed by atoms with Crippen molar-refractivity contribution in [2.45, 2.75) is 23.8 Å². The first-order chi connectivity index (χ1) is 7.43. The van der Waals surface area contributed by atoms with Crippen molar-refractivity contribution < 1.29 is 13.5 Å². The van der Waals surface area contributed by atoms with Gasteiger partial charge in [-0.1, -0.05) is 0 Å². The summed E-state index contributed by atoms with van der Waals surface area (Å²) in [6.07, 6.45) is 1.83. The predicted molar refractivity (Wildman–Crippen MR) is 63.8 cm³/mol. The second-order valence-corrected chi connectivity index (χ2v) is 6.72. The Kier molecular flexibility index (Phi) is 2.98. The van der Waals surface area contributed by atoms with Gasteiger partial charge in [0.1, 0.15) is 5.75 Å². The van der Waals surface area contributed by atoms with E-state index in [0.717, 1.165) is 12.8 Å². The van der Waals surface area contributed by atoms with Gasteiger partial charge in [-0.05, 0) is 40.9 Å². The van der Waals surface area contributed by atoms with E-state index in [4.69, 9.17) is 0 Å². The lowest BCUT2D eigenvalue weighted by Gasteiger charge is -2.16. The van der Waals surface area contributed by atoms with E-state index in [2.05, 4.69) is 15.9 Å². The number of hydrogen-bond acceptors (Lipinski definition) is 3. The van der Waals surface area contributed by atoms with Crippen LogP contribution in [0.25, 0.3) is 0 Å². The topological polar surface area (TPSA) is 57.6 Å². The minimum absolute atomic E-state index is 0.0646. The van der Waals surface area contributed by atoms with E-state index in [0.29, 0.717) is 4.47 Å². The Morgan fingerprint density at radius 1 is 1.44 bits per heavy atom. The molecule has 1 aromatic carbocycles. The Labute approximate surface area is 103 Å². The fourth-order valence-corrected chi connectivity index (χ4v) is 3.14. The van der Waals surface area contributed by atoms with Gasteiger partial charge in [0.25, 0.3) is 0 Å². The quantitative estimate of drug-likeness (QED) is 0.928. The molecule has 1 aliphatic rings. The van der Waals surface area contributed by atoms with E-state index in [1.54, 1.807) is 7.05 Å². The second-order valence-electron chi connectivity index (χ2n) is 3.87. The minimum Gasteiger partial charge on any atom is -0.507 e. The number of nitrogens with zero attached hydrogens (tertiary/aromatic N) is 1. The van der Waals surface area contributed by atoms with Gasteiger partial charge in [-0.2, -0.15) is 4.31 Å². The summed E-state index contributed by atoms with van der Waals surface area (Å²) < 4.78 is 26.0. The van der Waals surface area contributed by atoms with Gasteiger partial charge in [-0.3, -0.25) is 0 Å². The highest BCUT2D eigenvalue weighted by Crippen LogP contribution is 2.32. The summed E-state index contributed by atoms with van der Waals surface area (Å²) in [4.78, 5) is 0.127. The number of hydrogen-bond donors (Lipinski definition) is 1. The molecule has 4 nitrogen and oxygen atoms in total. The largest absolute Gasteiger partial charge is 0.507 e. The third kappa shape index (κ3) is 2.09. The van der Waals surface area contributed by atoms with Gasteiger partial charge in [0.2, 0.25) is 10.0 Å². The number of phenols is 1. The van der Waals surface area contributed by atoms with Crippen molar-refractivity contribution in [2.75, 3.05) is 7.05 Å². The van der Waals surface area contributed by atoms with Crippen LogP contribution in [-0.4, -0.2) is 30.9 Å². The number of aromatic hydroxyl groups is 1. The maximum absolute atomic E-state index is 12.1. The molecule has 0 saturated heterocycles. The van der Waals surface area contributed by atoms with Gasteiger partial charge < -0.3 is 5.11 Å². The van der Waals surface area contributed by atoms with Crippen LogP contribution in [0.3, 0.4) is 0 Å². The van der Waals surface area contributed by atoms with Crippen molar-refractivity contribution in [3.63, 3.8) is 0 Å². The van der Waals surface area contributed by atoms with Crippen LogP contribution in [0.5, 0.6) is 5.75 Å². The third-order valence-electron chi connectivity index (χ3n) is 2.66. The molecule has 0 unspecified atom stereocenters. The normalized spacial score (nSPS) is 16.7. The third-order valence-corrected chi connectivity index (χ3v) is 5.23. The fraction of sp³-hybridized carbons (Fsp3) is 0.400. The Morgan fingerprint density at radius 3 is 2.56 bits per heavy atom. The predicted octanol–water partition coefficient (Wildman–Crippen LogP) is 1.94. The highest BCUT2D eigenvalue weighted by Gasteiger charge is 2.35. The molecule has 1 saturated carbocycles. The Morgan fingerprint density at radius 2 is 2.06 bits per heavy atom. The van der Waals surface area contributed by atoms with Crippen molar-refractivity contribution in [1.29, 1.82) is 0 Å². The summed E-state index contributed by atoms with van der Waals surface area (Å²) >= 11 is 3.12. The first-order valence-corrected chi connectivity index (χ1v) is 7.13. The number of halogens is 1. The minimum atomic E-state index is -3.46. The molecular weight excluding hydrogens is 294 g/mol. The van der Waals surface area contributed by atoms with Gasteiger partial charge >= 0.3 is 0 Å². The van der Waals surface area contributed by atoms with Crippen LogP contribution in [0.1, 0.15) is 12.8 Å². The number of benzene rings is 1. The Bertz CT molecular complexity index is 511. The lowest BCUT2D eigenvalue weighted by molar-refractivity contribution is 0.457. The van der Waals surface area contributed by atoms with Crippen LogP contribution >= 0.6 is 15.9 Å². The molecule has 0 heterocycles. The van der Waals surface area contributed by atoms with Crippen LogP contribution < -0.4 is 0 Å². The number of rotatable bonds is 3. The van der Waals surface area contributed by atoms with Gasteiger partial charge in [-0.15, -0.1) is 0 Å². The summed E-state index contributed by atoms with van der Waals surface area (Å²) in [5.41, 5.74) is 0. The zero-order valence-corrected chi connectivity index (χ0v) is 11.1. The molecule has 1 aromatic rings. The van der Waals surface area contributed by atoms with Crippen molar-refractivity contribution >= 4 is 26.0 Å². The van der Waals surface area contributed by atoms with Crippen molar-refractivity contribution in [1.82, 2.24) is 4.31 Å². The van der Waals surface area contributed by atoms with Crippen LogP contribution in [0.2, 0.25) is 0 Å². The zero-order valence-electron chi connectivity index (χ0n) is 8.72. The lowest BCUT2D eigenvalue weighted by Crippen LogP contribution is -2.28. The molecule has 0 bridgehead atoms. The molecule has 0 aromatic heterocycles. The smallest absolute Gasteiger partial charge is 0.243 e. The summed E-state index contributed by atoms with van der Waals surface area (Å²) in [5.74, 6) is -0.0646. The van der Waals surface area contributed by atoms with Gasteiger partial charge in [0.05, 0.1) is 9.37 Å². The van der Waals surface area contributed by atoms with Crippen molar-refractivity contribution in [2.24, 2.45) is 0 Å². The molecule has 0 amide bonds. The van der Waals surface area contributed by atoms with Crippen LogP contribution in [-0.2, 0) is 10.0 Å². The molecule has 0 atom stereocenters. The molecule has 6 heteroatoms. The summed E-state index contributed by atoms with van der Waals surface area (Å²) in [6.45, 7) is 0. The molecule has 1 fully saturated rings.